The lowest BCUT2D eigenvalue weighted by Gasteiger charge is -2.22. The zero-order valence-electron chi connectivity index (χ0n) is 12.2. The molecule has 0 aliphatic carbocycles. The van der Waals surface area contributed by atoms with Gasteiger partial charge in [-0.3, -0.25) is 4.99 Å². The summed E-state index contributed by atoms with van der Waals surface area (Å²) in [5, 5.41) is 0. The molecule has 0 bridgehead atoms. The van der Waals surface area contributed by atoms with Gasteiger partial charge in [0, 0.05) is 17.5 Å². The molecule has 2 rings (SSSR count). The van der Waals surface area contributed by atoms with Crippen LogP contribution < -0.4 is 0 Å². The Labute approximate surface area is 120 Å². The first-order valence-electron chi connectivity index (χ1n) is 6.83. The Bertz CT molecular complexity index is 577. The highest BCUT2D eigenvalue weighted by Crippen LogP contribution is 2.23. The maximum atomic E-state index is 13.0. The quantitative estimate of drug-likeness (QED) is 0.680. The van der Waals surface area contributed by atoms with Crippen LogP contribution in [-0.4, -0.2) is 5.71 Å². The summed E-state index contributed by atoms with van der Waals surface area (Å²) < 4.78 is 13.0. The lowest BCUT2D eigenvalue weighted by Crippen LogP contribution is -2.22. The standard InChI is InChI=1S/C18H20FN/c1-18(2,3)17(13-14-7-5-4-6-8-14)20-16-11-9-15(19)10-12-16/h4-12H,13H2,1-3H3. The third-order valence-electron chi connectivity index (χ3n) is 3.17. The third kappa shape index (κ3) is 4.02. The second kappa shape index (κ2) is 6.00. The highest BCUT2D eigenvalue weighted by Gasteiger charge is 2.19. The summed E-state index contributed by atoms with van der Waals surface area (Å²) in [4.78, 5) is 4.72. The lowest BCUT2D eigenvalue weighted by molar-refractivity contribution is 0.582. The van der Waals surface area contributed by atoms with Crippen molar-refractivity contribution in [2.75, 3.05) is 0 Å². The number of hydrogen-bond donors (Lipinski definition) is 0. The minimum Gasteiger partial charge on any atom is -0.257 e. The summed E-state index contributed by atoms with van der Waals surface area (Å²) >= 11 is 0. The van der Waals surface area contributed by atoms with Crippen LogP contribution in [0.2, 0.25) is 0 Å². The molecule has 0 saturated carbocycles. The largest absolute Gasteiger partial charge is 0.257 e. The molecule has 1 nitrogen and oxygen atoms in total. The zero-order chi connectivity index (χ0) is 14.6. The van der Waals surface area contributed by atoms with Gasteiger partial charge in [-0.1, -0.05) is 51.1 Å². The molecule has 0 atom stereocenters. The van der Waals surface area contributed by atoms with Gasteiger partial charge in [-0.05, 0) is 29.8 Å². The van der Waals surface area contributed by atoms with Crippen molar-refractivity contribution in [1.82, 2.24) is 0 Å². The van der Waals surface area contributed by atoms with Crippen molar-refractivity contribution in [3.05, 3.63) is 66.0 Å². The second-order valence-electron chi connectivity index (χ2n) is 5.95. The van der Waals surface area contributed by atoms with Gasteiger partial charge in [-0.2, -0.15) is 0 Å². The van der Waals surface area contributed by atoms with Crippen molar-refractivity contribution in [3.8, 4) is 0 Å². The van der Waals surface area contributed by atoms with Crippen LogP contribution in [0.1, 0.15) is 26.3 Å². The average Bonchev–Trinajstić information content (AvgIpc) is 2.40. The van der Waals surface area contributed by atoms with Gasteiger partial charge in [-0.25, -0.2) is 4.39 Å². The predicted octanol–water partition coefficient (Wildman–Crippen LogP) is 5.19. The van der Waals surface area contributed by atoms with E-state index in [2.05, 4.69) is 32.9 Å². The van der Waals surface area contributed by atoms with Crippen LogP contribution in [-0.2, 0) is 6.42 Å². The molecule has 0 aliphatic rings. The molecular weight excluding hydrogens is 249 g/mol. The minimum absolute atomic E-state index is 0.0236. The predicted molar refractivity (Wildman–Crippen MR) is 83.1 cm³/mol. The fourth-order valence-corrected chi connectivity index (χ4v) is 1.93. The van der Waals surface area contributed by atoms with Crippen LogP contribution in [0.5, 0.6) is 0 Å². The van der Waals surface area contributed by atoms with Gasteiger partial charge in [0.1, 0.15) is 5.82 Å². The summed E-state index contributed by atoms with van der Waals surface area (Å²) in [5.74, 6) is -0.232. The number of halogens is 1. The van der Waals surface area contributed by atoms with Crippen molar-refractivity contribution in [3.63, 3.8) is 0 Å². The van der Waals surface area contributed by atoms with E-state index in [9.17, 15) is 4.39 Å². The van der Waals surface area contributed by atoms with Gasteiger partial charge in [0.2, 0.25) is 0 Å². The number of aliphatic imine (C=N–C) groups is 1. The Hall–Kier alpha value is -1.96. The van der Waals surface area contributed by atoms with Crippen LogP contribution in [0.4, 0.5) is 10.1 Å². The van der Waals surface area contributed by atoms with E-state index in [4.69, 9.17) is 4.99 Å². The molecule has 0 aliphatic heterocycles. The summed E-state index contributed by atoms with van der Waals surface area (Å²) in [7, 11) is 0. The maximum Gasteiger partial charge on any atom is 0.123 e. The molecule has 0 radical (unpaired) electrons. The van der Waals surface area contributed by atoms with E-state index in [1.807, 2.05) is 18.2 Å². The molecule has 2 aromatic carbocycles. The van der Waals surface area contributed by atoms with E-state index in [1.165, 1.54) is 17.7 Å². The third-order valence-corrected chi connectivity index (χ3v) is 3.17. The average molecular weight is 269 g/mol. The summed E-state index contributed by atoms with van der Waals surface area (Å²) in [6.45, 7) is 6.45. The molecule has 2 heteroatoms. The van der Waals surface area contributed by atoms with E-state index < -0.39 is 0 Å². The van der Waals surface area contributed by atoms with Crippen molar-refractivity contribution < 1.29 is 4.39 Å². The number of hydrogen-bond acceptors (Lipinski definition) is 1. The molecule has 104 valence electrons. The van der Waals surface area contributed by atoms with Gasteiger partial charge >= 0.3 is 0 Å². The van der Waals surface area contributed by atoms with E-state index in [-0.39, 0.29) is 11.2 Å². The van der Waals surface area contributed by atoms with Gasteiger partial charge < -0.3 is 0 Å². The van der Waals surface area contributed by atoms with Crippen LogP contribution in [0, 0.1) is 11.2 Å². The van der Waals surface area contributed by atoms with E-state index in [0.29, 0.717) is 0 Å². The molecule has 20 heavy (non-hydrogen) atoms. The van der Waals surface area contributed by atoms with Crippen molar-refractivity contribution in [2.45, 2.75) is 27.2 Å². The van der Waals surface area contributed by atoms with E-state index in [1.54, 1.807) is 12.1 Å². The fourth-order valence-electron chi connectivity index (χ4n) is 1.93. The second-order valence-corrected chi connectivity index (χ2v) is 5.95. The normalized spacial score (nSPS) is 12.5. The first-order chi connectivity index (χ1) is 9.45. The SMILES string of the molecule is CC(C)(C)C(Cc1ccccc1)=Nc1ccc(F)cc1. The Morgan fingerprint density at radius 3 is 2.10 bits per heavy atom. The molecular formula is C18H20FN. The first-order valence-corrected chi connectivity index (χ1v) is 6.83. The molecule has 0 N–H and O–H groups in total. The highest BCUT2D eigenvalue weighted by atomic mass is 19.1. The first kappa shape index (κ1) is 14.4. The van der Waals surface area contributed by atoms with Gasteiger partial charge in [0.05, 0.1) is 5.69 Å². The Morgan fingerprint density at radius 1 is 0.950 bits per heavy atom. The smallest absolute Gasteiger partial charge is 0.123 e. The monoisotopic (exact) mass is 269 g/mol. The minimum atomic E-state index is -0.232. The van der Waals surface area contributed by atoms with Crippen LogP contribution in [0.15, 0.2) is 59.6 Å². The molecule has 0 spiro atoms. The topological polar surface area (TPSA) is 12.4 Å². The molecule has 0 aromatic heterocycles. The zero-order valence-corrected chi connectivity index (χ0v) is 12.2. The summed E-state index contributed by atoms with van der Waals surface area (Å²) in [5.41, 5.74) is 3.11. The number of nitrogens with zero attached hydrogens (tertiary/aromatic N) is 1. The fraction of sp³-hybridized carbons (Fsp3) is 0.278. The maximum absolute atomic E-state index is 13.0. The Morgan fingerprint density at radius 2 is 1.55 bits per heavy atom. The van der Waals surface area contributed by atoms with Crippen molar-refractivity contribution in [2.24, 2.45) is 10.4 Å². The Kier molecular flexibility index (Phi) is 4.33. The van der Waals surface area contributed by atoms with Crippen molar-refractivity contribution in [1.29, 1.82) is 0 Å². The summed E-state index contributed by atoms with van der Waals surface area (Å²) in [6.07, 6.45) is 0.807. The number of rotatable bonds is 3. The van der Waals surface area contributed by atoms with Gasteiger partial charge in [0.25, 0.3) is 0 Å². The molecule has 0 unspecified atom stereocenters. The molecule has 0 heterocycles. The Balaban J connectivity index is 2.31. The number of benzene rings is 2. The van der Waals surface area contributed by atoms with Gasteiger partial charge in [0.15, 0.2) is 0 Å². The molecule has 0 saturated heterocycles. The van der Waals surface area contributed by atoms with Gasteiger partial charge in [-0.15, -0.1) is 0 Å². The lowest BCUT2D eigenvalue weighted by atomic mass is 9.86. The molecule has 0 amide bonds. The van der Waals surface area contributed by atoms with Crippen LogP contribution in [0.3, 0.4) is 0 Å². The van der Waals surface area contributed by atoms with Crippen molar-refractivity contribution >= 4 is 11.4 Å². The molecule has 0 fully saturated rings. The van der Waals surface area contributed by atoms with E-state index in [0.717, 1.165) is 17.8 Å². The van der Waals surface area contributed by atoms with Crippen LogP contribution in [0.25, 0.3) is 0 Å². The summed E-state index contributed by atoms with van der Waals surface area (Å²) in [6, 6.07) is 16.6. The van der Waals surface area contributed by atoms with Crippen LogP contribution >= 0.6 is 0 Å². The van der Waals surface area contributed by atoms with E-state index >= 15 is 0 Å². The highest BCUT2D eigenvalue weighted by molar-refractivity contribution is 5.93. The molecule has 2 aromatic rings.